The molecule has 0 fully saturated rings. The Hall–Kier alpha value is -1.72. The molecule has 0 aliphatic rings. The van der Waals surface area contributed by atoms with Crippen LogP contribution in [0.5, 0.6) is 0 Å². The van der Waals surface area contributed by atoms with Gasteiger partial charge in [-0.2, -0.15) is 0 Å². The number of anilines is 1. The summed E-state index contributed by atoms with van der Waals surface area (Å²) < 4.78 is 0. The zero-order chi connectivity index (χ0) is 14.5. The van der Waals surface area contributed by atoms with E-state index >= 15 is 0 Å². The summed E-state index contributed by atoms with van der Waals surface area (Å²) in [5.41, 5.74) is 2.84. The van der Waals surface area contributed by atoms with Crippen molar-refractivity contribution < 1.29 is 4.79 Å². The number of aryl methyl sites for hydroxylation is 1. The average Bonchev–Trinajstić information content (AvgIpc) is 2.74. The fraction of sp³-hybridized carbons (Fsp3) is 0.333. The van der Waals surface area contributed by atoms with Crippen LogP contribution >= 0.6 is 11.3 Å². The van der Waals surface area contributed by atoms with E-state index in [2.05, 4.69) is 21.3 Å². The molecule has 2 aromatic rings. The Bertz CT molecular complexity index is 592. The molecule has 0 saturated heterocycles. The van der Waals surface area contributed by atoms with Gasteiger partial charge in [0.1, 0.15) is 0 Å². The zero-order valence-electron chi connectivity index (χ0n) is 12.0. The van der Waals surface area contributed by atoms with Gasteiger partial charge in [0.15, 0.2) is 0 Å². The van der Waals surface area contributed by atoms with Crippen LogP contribution in [0.15, 0.2) is 29.6 Å². The van der Waals surface area contributed by atoms with Crippen molar-refractivity contribution in [2.75, 3.05) is 19.4 Å². The summed E-state index contributed by atoms with van der Waals surface area (Å²) in [6.07, 6.45) is 0.322. The number of rotatable bonds is 5. The Kier molecular flexibility index (Phi) is 4.87. The molecule has 1 amide bonds. The van der Waals surface area contributed by atoms with E-state index in [1.807, 2.05) is 44.6 Å². The third kappa shape index (κ3) is 4.43. The van der Waals surface area contributed by atoms with Crippen LogP contribution in [-0.4, -0.2) is 29.9 Å². The van der Waals surface area contributed by atoms with Crippen molar-refractivity contribution in [1.29, 1.82) is 0 Å². The van der Waals surface area contributed by atoms with Crippen molar-refractivity contribution in [3.05, 3.63) is 45.9 Å². The predicted molar refractivity (Wildman–Crippen MR) is 83.0 cm³/mol. The molecule has 106 valence electrons. The van der Waals surface area contributed by atoms with E-state index in [4.69, 9.17) is 0 Å². The quantitative estimate of drug-likeness (QED) is 0.920. The summed E-state index contributed by atoms with van der Waals surface area (Å²) >= 11 is 1.57. The van der Waals surface area contributed by atoms with Crippen molar-refractivity contribution in [1.82, 2.24) is 9.88 Å². The van der Waals surface area contributed by atoms with E-state index in [1.54, 1.807) is 11.3 Å². The summed E-state index contributed by atoms with van der Waals surface area (Å²) in [5, 5.41) is 5.84. The second kappa shape index (κ2) is 6.63. The molecule has 0 bridgehead atoms. The van der Waals surface area contributed by atoms with Crippen LogP contribution in [0.25, 0.3) is 0 Å². The van der Waals surface area contributed by atoms with Gasteiger partial charge in [-0.15, -0.1) is 11.3 Å². The van der Waals surface area contributed by atoms with Gasteiger partial charge in [-0.25, -0.2) is 4.98 Å². The van der Waals surface area contributed by atoms with Crippen LogP contribution in [-0.2, 0) is 17.8 Å². The van der Waals surface area contributed by atoms with E-state index < -0.39 is 0 Å². The predicted octanol–water partition coefficient (Wildman–Crippen LogP) is 2.69. The summed E-state index contributed by atoms with van der Waals surface area (Å²) in [4.78, 5) is 18.4. The molecule has 4 nitrogen and oxygen atoms in total. The highest BCUT2D eigenvalue weighted by Gasteiger charge is 2.07. The molecule has 1 N–H and O–H groups in total. The molecule has 0 spiro atoms. The van der Waals surface area contributed by atoms with E-state index in [9.17, 15) is 4.79 Å². The molecule has 0 aliphatic heterocycles. The summed E-state index contributed by atoms with van der Waals surface area (Å²) in [6.45, 7) is 2.80. The van der Waals surface area contributed by atoms with Gasteiger partial charge >= 0.3 is 0 Å². The second-order valence-electron chi connectivity index (χ2n) is 5.02. The highest BCUT2D eigenvalue weighted by Crippen LogP contribution is 2.13. The number of carbonyl (C=O) groups is 1. The Balaban J connectivity index is 1.97. The number of benzene rings is 1. The Morgan fingerprint density at radius 3 is 2.85 bits per heavy atom. The number of carbonyl (C=O) groups excluding carboxylic acids is 1. The minimum atomic E-state index is -0.0303. The first-order valence-electron chi connectivity index (χ1n) is 6.47. The molecular formula is C15H19N3OS. The smallest absolute Gasteiger partial charge is 0.230 e. The van der Waals surface area contributed by atoms with E-state index in [1.165, 1.54) is 5.56 Å². The number of amides is 1. The third-order valence-corrected chi connectivity index (χ3v) is 3.54. The SMILES string of the molecule is Cc1nc(CC(=O)Nc2cccc(CN(C)C)c2)cs1. The molecule has 1 aromatic heterocycles. The van der Waals surface area contributed by atoms with E-state index in [0.29, 0.717) is 6.42 Å². The van der Waals surface area contributed by atoms with Crippen LogP contribution < -0.4 is 5.32 Å². The fourth-order valence-electron chi connectivity index (χ4n) is 1.97. The topological polar surface area (TPSA) is 45.2 Å². The molecular weight excluding hydrogens is 270 g/mol. The summed E-state index contributed by atoms with van der Waals surface area (Å²) in [7, 11) is 4.05. The number of hydrogen-bond acceptors (Lipinski definition) is 4. The summed E-state index contributed by atoms with van der Waals surface area (Å²) in [5.74, 6) is -0.0303. The van der Waals surface area contributed by atoms with Crippen LogP contribution in [0.1, 0.15) is 16.3 Å². The maximum atomic E-state index is 12.0. The van der Waals surface area contributed by atoms with Gasteiger partial charge < -0.3 is 10.2 Å². The normalized spacial score (nSPS) is 10.8. The lowest BCUT2D eigenvalue weighted by atomic mass is 10.2. The van der Waals surface area contributed by atoms with Gasteiger partial charge in [-0.1, -0.05) is 12.1 Å². The van der Waals surface area contributed by atoms with Gasteiger partial charge in [0, 0.05) is 17.6 Å². The first-order chi connectivity index (χ1) is 9.52. The highest BCUT2D eigenvalue weighted by atomic mass is 32.1. The van der Waals surface area contributed by atoms with Gasteiger partial charge in [0.2, 0.25) is 5.91 Å². The minimum absolute atomic E-state index is 0.0303. The number of thiazole rings is 1. The largest absolute Gasteiger partial charge is 0.326 e. The van der Waals surface area contributed by atoms with Gasteiger partial charge in [-0.3, -0.25) is 4.79 Å². The van der Waals surface area contributed by atoms with Crippen LogP contribution in [0.3, 0.4) is 0 Å². The molecule has 0 radical (unpaired) electrons. The lowest BCUT2D eigenvalue weighted by Gasteiger charge is -2.11. The first-order valence-corrected chi connectivity index (χ1v) is 7.35. The zero-order valence-corrected chi connectivity index (χ0v) is 12.8. The molecule has 0 aliphatic carbocycles. The van der Waals surface area contributed by atoms with Gasteiger partial charge in [0.05, 0.1) is 17.1 Å². The molecule has 0 saturated carbocycles. The van der Waals surface area contributed by atoms with E-state index in [-0.39, 0.29) is 5.91 Å². The number of aromatic nitrogens is 1. The standard InChI is InChI=1S/C15H19N3OS/c1-11-16-14(10-20-11)8-15(19)17-13-6-4-5-12(7-13)9-18(2)3/h4-7,10H,8-9H2,1-3H3,(H,17,19). The van der Waals surface area contributed by atoms with Crippen LogP contribution in [0.2, 0.25) is 0 Å². The monoisotopic (exact) mass is 289 g/mol. The number of nitrogens with one attached hydrogen (secondary N) is 1. The Morgan fingerprint density at radius 2 is 2.20 bits per heavy atom. The van der Waals surface area contributed by atoms with Crippen molar-refractivity contribution in [2.24, 2.45) is 0 Å². The van der Waals surface area contributed by atoms with Crippen molar-refractivity contribution >= 4 is 22.9 Å². The Morgan fingerprint density at radius 1 is 1.40 bits per heavy atom. The van der Waals surface area contributed by atoms with Crippen molar-refractivity contribution in [3.8, 4) is 0 Å². The highest BCUT2D eigenvalue weighted by molar-refractivity contribution is 7.09. The van der Waals surface area contributed by atoms with Crippen molar-refractivity contribution in [3.63, 3.8) is 0 Å². The maximum Gasteiger partial charge on any atom is 0.230 e. The molecule has 1 heterocycles. The molecule has 1 aromatic carbocycles. The van der Waals surface area contributed by atoms with Crippen LogP contribution in [0, 0.1) is 6.92 Å². The Labute approximate surface area is 123 Å². The van der Waals surface area contributed by atoms with Crippen LogP contribution in [0.4, 0.5) is 5.69 Å². The van der Waals surface area contributed by atoms with E-state index in [0.717, 1.165) is 22.9 Å². The summed E-state index contributed by atoms with van der Waals surface area (Å²) in [6, 6.07) is 7.93. The third-order valence-electron chi connectivity index (χ3n) is 2.72. The van der Waals surface area contributed by atoms with Crippen molar-refractivity contribution in [2.45, 2.75) is 19.9 Å². The lowest BCUT2D eigenvalue weighted by molar-refractivity contribution is -0.115. The molecule has 20 heavy (non-hydrogen) atoms. The maximum absolute atomic E-state index is 12.0. The average molecular weight is 289 g/mol. The molecule has 5 heteroatoms. The number of hydrogen-bond donors (Lipinski definition) is 1. The number of nitrogens with zero attached hydrogens (tertiary/aromatic N) is 2. The minimum Gasteiger partial charge on any atom is -0.326 e. The molecule has 2 rings (SSSR count). The molecule has 0 unspecified atom stereocenters. The van der Waals surface area contributed by atoms with Gasteiger partial charge in [-0.05, 0) is 38.7 Å². The molecule has 0 atom stereocenters. The fourth-order valence-corrected chi connectivity index (χ4v) is 2.58. The van der Waals surface area contributed by atoms with Gasteiger partial charge in [0.25, 0.3) is 0 Å². The first kappa shape index (κ1) is 14.7. The lowest BCUT2D eigenvalue weighted by Crippen LogP contribution is -2.15. The second-order valence-corrected chi connectivity index (χ2v) is 6.08.